The fourth-order valence-corrected chi connectivity index (χ4v) is 2.33. The monoisotopic (exact) mass is 340 g/mol. The molecule has 0 fully saturated rings. The summed E-state index contributed by atoms with van der Waals surface area (Å²) in [5, 5.41) is 2.61. The van der Waals surface area contributed by atoms with Crippen LogP contribution in [0.15, 0.2) is 60.7 Å². The highest BCUT2D eigenvalue weighted by Crippen LogP contribution is 2.05. The molecule has 2 aromatic rings. The minimum atomic E-state index is -0.737. The number of carbonyl (C=O) groups is 2. The summed E-state index contributed by atoms with van der Waals surface area (Å²) >= 11 is 0. The molecule has 2 rings (SSSR count). The molecule has 0 saturated carbocycles. The Morgan fingerprint density at radius 2 is 1.56 bits per heavy atom. The van der Waals surface area contributed by atoms with Crippen molar-refractivity contribution in [3.8, 4) is 0 Å². The second-order valence-corrected chi connectivity index (χ2v) is 5.95. The first-order chi connectivity index (χ1) is 12.1. The number of ether oxygens (including phenoxy) is 1. The van der Waals surface area contributed by atoms with Crippen LogP contribution >= 0.6 is 0 Å². The van der Waals surface area contributed by atoms with Crippen molar-refractivity contribution in [3.05, 3.63) is 71.8 Å². The largest absolute Gasteiger partial charge is 0.459 e. The number of rotatable bonds is 8. The lowest BCUT2D eigenvalue weighted by molar-refractivity contribution is -0.148. The van der Waals surface area contributed by atoms with E-state index in [9.17, 15) is 9.59 Å². The van der Waals surface area contributed by atoms with E-state index in [1.807, 2.05) is 60.7 Å². The molecule has 132 valence electrons. The van der Waals surface area contributed by atoms with Crippen molar-refractivity contribution in [2.24, 2.45) is 5.73 Å². The number of esters is 1. The van der Waals surface area contributed by atoms with E-state index in [0.717, 1.165) is 11.1 Å². The van der Waals surface area contributed by atoms with Gasteiger partial charge in [-0.05, 0) is 30.9 Å². The summed E-state index contributed by atoms with van der Waals surface area (Å²) in [5.41, 5.74) is 7.94. The molecular weight excluding hydrogens is 316 g/mol. The summed E-state index contributed by atoms with van der Waals surface area (Å²) in [4.78, 5) is 24.1. The normalized spacial score (nSPS) is 12.9. The van der Waals surface area contributed by atoms with Gasteiger partial charge in [-0.3, -0.25) is 4.79 Å². The first-order valence-electron chi connectivity index (χ1n) is 8.36. The maximum absolute atomic E-state index is 12.1. The first-order valence-corrected chi connectivity index (χ1v) is 8.36. The highest BCUT2D eigenvalue weighted by atomic mass is 16.5. The van der Waals surface area contributed by atoms with Crippen LogP contribution in [-0.4, -0.2) is 24.0 Å². The molecule has 0 saturated heterocycles. The van der Waals surface area contributed by atoms with Crippen LogP contribution in [0.3, 0.4) is 0 Å². The summed E-state index contributed by atoms with van der Waals surface area (Å²) in [7, 11) is 0. The van der Waals surface area contributed by atoms with Crippen molar-refractivity contribution in [1.29, 1.82) is 0 Å². The van der Waals surface area contributed by atoms with Crippen molar-refractivity contribution in [2.75, 3.05) is 0 Å². The Bertz CT molecular complexity index is 674. The van der Waals surface area contributed by atoms with Crippen LogP contribution in [-0.2, 0) is 27.4 Å². The zero-order valence-corrected chi connectivity index (χ0v) is 14.4. The number of amides is 1. The third-order valence-corrected chi connectivity index (χ3v) is 3.86. The number of carbonyl (C=O) groups excluding carboxylic acids is 2. The first kappa shape index (κ1) is 18.7. The van der Waals surface area contributed by atoms with Gasteiger partial charge in [0.05, 0.1) is 6.04 Å². The van der Waals surface area contributed by atoms with Crippen LogP contribution in [0.5, 0.6) is 0 Å². The molecule has 0 aliphatic heterocycles. The van der Waals surface area contributed by atoms with Gasteiger partial charge in [-0.15, -0.1) is 0 Å². The molecule has 0 heterocycles. The van der Waals surface area contributed by atoms with Gasteiger partial charge in [-0.1, -0.05) is 60.7 Å². The molecular formula is C20H24N2O3. The van der Waals surface area contributed by atoms with Crippen LogP contribution in [0, 0.1) is 0 Å². The van der Waals surface area contributed by atoms with Crippen molar-refractivity contribution < 1.29 is 14.3 Å². The van der Waals surface area contributed by atoms with Crippen molar-refractivity contribution in [3.63, 3.8) is 0 Å². The van der Waals surface area contributed by atoms with E-state index in [1.54, 1.807) is 6.92 Å². The van der Waals surface area contributed by atoms with Crippen LogP contribution in [0.1, 0.15) is 24.5 Å². The molecule has 5 heteroatoms. The number of nitrogens with two attached hydrogens (primary N) is 1. The van der Waals surface area contributed by atoms with Crippen LogP contribution < -0.4 is 11.1 Å². The molecule has 1 amide bonds. The molecule has 0 radical (unpaired) electrons. The Hall–Kier alpha value is -2.66. The summed E-state index contributed by atoms with van der Waals surface area (Å²) in [6, 6.07) is 17.8. The maximum atomic E-state index is 12.1. The van der Waals surface area contributed by atoms with E-state index in [-0.39, 0.29) is 12.5 Å². The van der Waals surface area contributed by atoms with Gasteiger partial charge in [0.1, 0.15) is 12.6 Å². The Balaban J connectivity index is 1.73. The van der Waals surface area contributed by atoms with Crippen molar-refractivity contribution in [2.45, 2.75) is 38.5 Å². The van der Waals surface area contributed by atoms with Crippen molar-refractivity contribution in [1.82, 2.24) is 5.32 Å². The predicted molar refractivity (Wildman–Crippen MR) is 96.6 cm³/mol. The van der Waals surface area contributed by atoms with E-state index in [4.69, 9.17) is 10.5 Å². The van der Waals surface area contributed by atoms with Gasteiger partial charge >= 0.3 is 5.97 Å². The second kappa shape index (κ2) is 9.59. The molecule has 2 atom stereocenters. The number of hydrogen-bond acceptors (Lipinski definition) is 4. The van der Waals surface area contributed by atoms with Crippen LogP contribution in [0.25, 0.3) is 0 Å². The Kier molecular flexibility index (Phi) is 7.16. The van der Waals surface area contributed by atoms with E-state index in [2.05, 4.69) is 5.32 Å². The molecule has 5 nitrogen and oxygen atoms in total. The summed E-state index contributed by atoms with van der Waals surface area (Å²) in [6.07, 6.45) is 1.23. The van der Waals surface area contributed by atoms with Gasteiger partial charge in [0.2, 0.25) is 5.91 Å². The number of benzene rings is 2. The minimum Gasteiger partial charge on any atom is -0.459 e. The van der Waals surface area contributed by atoms with E-state index >= 15 is 0 Å². The van der Waals surface area contributed by atoms with Crippen molar-refractivity contribution >= 4 is 11.9 Å². The molecule has 2 aromatic carbocycles. The zero-order chi connectivity index (χ0) is 18.1. The molecule has 25 heavy (non-hydrogen) atoms. The van der Waals surface area contributed by atoms with E-state index in [1.165, 1.54) is 0 Å². The topological polar surface area (TPSA) is 81.4 Å². The smallest absolute Gasteiger partial charge is 0.328 e. The lowest BCUT2D eigenvalue weighted by Gasteiger charge is -2.17. The average molecular weight is 340 g/mol. The summed E-state index contributed by atoms with van der Waals surface area (Å²) < 4.78 is 5.21. The van der Waals surface area contributed by atoms with Gasteiger partial charge in [0.15, 0.2) is 0 Å². The SMILES string of the molecule is C[C@H](NC(=O)[C@H](N)CCc1ccccc1)C(=O)OCc1ccccc1. The highest BCUT2D eigenvalue weighted by molar-refractivity contribution is 5.87. The molecule has 0 unspecified atom stereocenters. The predicted octanol–water partition coefficient (Wildman–Crippen LogP) is 2.19. The Morgan fingerprint density at radius 3 is 2.16 bits per heavy atom. The minimum absolute atomic E-state index is 0.181. The molecule has 0 aliphatic rings. The van der Waals surface area contributed by atoms with E-state index in [0.29, 0.717) is 12.8 Å². The lowest BCUT2D eigenvalue weighted by Crippen LogP contribution is -2.47. The molecule has 0 aliphatic carbocycles. The molecule has 0 bridgehead atoms. The van der Waals surface area contributed by atoms with E-state index < -0.39 is 18.1 Å². The zero-order valence-electron chi connectivity index (χ0n) is 14.4. The number of nitrogens with one attached hydrogen (secondary N) is 1. The Morgan fingerprint density at radius 1 is 1.00 bits per heavy atom. The Labute approximate surface area is 148 Å². The number of hydrogen-bond donors (Lipinski definition) is 2. The summed E-state index contributed by atoms with van der Waals surface area (Å²) in [6.45, 7) is 1.77. The van der Waals surface area contributed by atoms with Gasteiger partial charge in [-0.2, -0.15) is 0 Å². The fourth-order valence-electron chi connectivity index (χ4n) is 2.33. The molecule has 3 N–H and O–H groups in total. The fraction of sp³-hybridized carbons (Fsp3) is 0.300. The van der Waals surface area contributed by atoms with Crippen LogP contribution in [0.2, 0.25) is 0 Å². The average Bonchev–Trinajstić information content (AvgIpc) is 2.65. The summed E-state index contributed by atoms with van der Waals surface area (Å²) in [5.74, 6) is -0.826. The quantitative estimate of drug-likeness (QED) is 0.722. The van der Waals surface area contributed by atoms with Gasteiger partial charge in [-0.25, -0.2) is 4.79 Å². The second-order valence-electron chi connectivity index (χ2n) is 5.95. The highest BCUT2D eigenvalue weighted by Gasteiger charge is 2.21. The van der Waals surface area contributed by atoms with Gasteiger partial charge in [0, 0.05) is 0 Å². The van der Waals surface area contributed by atoms with Gasteiger partial charge in [0.25, 0.3) is 0 Å². The third kappa shape index (κ3) is 6.39. The van der Waals surface area contributed by atoms with Crippen LogP contribution in [0.4, 0.5) is 0 Å². The van der Waals surface area contributed by atoms with Gasteiger partial charge < -0.3 is 15.8 Å². The standard InChI is InChI=1S/C20H24N2O3/c1-15(20(24)25-14-17-10-6-3-7-11-17)22-19(23)18(21)13-12-16-8-4-2-5-9-16/h2-11,15,18H,12-14,21H2,1H3,(H,22,23)/t15-,18+/m0/s1. The molecule has 0 aromatic heterocycles. The lowest BCUT2D eigenvalue weighted by atomic mass is 10.1. The maximum Gasteiger partial charge on any atom is 0.328 e. The third-order valence-electron chi connectivity index (χ3n) is 3.86. The number of aryl methyl sites for hydroxylation is 1. The molecule has 0 spiro atoms.